The van der Waals surface area contributed by atoms with E-state index in [1.807, 2.05) is 35.7 Å². The van der Waals surface area contributed by atoms with Crippen molar-refractivity contribution < 1.29 is 5.11 Å². The molecule has 2 aromatic carbocycles. The lowest BCUT2D eigenvalue weighted by molar-refractivity contribution is 0.0892. The fourth-order valence-corrected chi connectivity index (χ4v) is 5.03. The minimum atomic E-state index is -0.497. The summed E-state index contributed by atoms with van der Waals surface area (Å²) in [7, 11) is 0. The molecule has 0 aliphatic carbocycles. The molecule has 33 heavy (non-hydrogen) atoms. The topological polar surface area (TPSA) is 69.2 Å². The van der Waals surface area contributed by atoms with Gasteiger partial charge in [0.15, 0.2) is 0 Å². The van der Waals surface area contributed by atoms with Crippen molar-refractivity contribution in [1.29, 1.82) is 0 Å². The maximum absolute atomic E-state index is 13.1. The van der Waals surface area contributed by atoms with Crippen LogP contribution in [0.2, 0.25) is 0 Å². The maximum atomic E-state index is 13.1. The van der Waals surface area contributed by atoms with Crippen molar-refractivity contribution >= 4 is 21.6 Å². The van der Waals surface area contributed by atoms with Crippen LogP contribution >= 0.6 is 11.3 Å². The molecule has 0 spiro atoms. The number of rotatable bonds is 8. The summed E-state index contributed by atoms with van der Waals surface area (Å²) in [6, 6.07) is 16.5. The lowest BCUT2D eigenvalue weighted by atomic mass is 10.0. The van der Waals surface area contributed by atoms with Crippen molar-refractivity contribution in [3.8, 4) is 11.1 Å². The number of thiophene rings is 1. The first kappa shape index (κ1) is 23.4. The highest BCUT2D eigenvalue weighted by Crippen LogP contribution is 2.31. The molecule has 0 radical (unpaired) electrons. The predicted octanol–water partition coefficient (Wildman–Crippen LogP) is 5.08. The van der Waals surface area contributed by atoms with Gasteiger partial charge in [0.25, 0.3) is 5.56 Å². The molecular formula is C27H31N3O2S. The van der Waals surface area contributed by atoms with Crippen LogP contribution in [-0.4, -0.2) is 38.7 Å². The summed E-state index contributed by atoms with van der Waals surface area (Å²) in [5.74, 6) is 0.626. The van der Waals surface area contributed by atoms with E-state index < -0.39 is 6.10 Å². The summed E-state index contributed by atoms with van der Waals surface area (Å²) in [5, 5.41) is 13.3. The van der Waals surface area contributed by atoms with Gasteiger partial charge in [0.1, 0.15) is 10.7 Å². The first-order chi connectivity index (χ1) is 15.8. The molecule has 4 aromatic rings. The fourth-order valence-electron chi connectivity index (χ4n) is 4.06. The van der Waals surface area contributed by atoms with Crippen molar-refractivity contribution in [1.82, 2.24) is 14.9 Å². The number of nitrogens with zero attached hydrogens (tertiary/aromatic N) is 2. The van der Waals surface area contributed by atoms with Gasteiger partial charge in [0.2, 0.25) is 0 Å². The number of aromatic amines is 1. The lowest BCUT2D eigenvalue weighted by Gasteiger charge is -2.28. The van der Waals surface area contributed by atoms with Crippen LogP contribution in [0.15, 0.2) is 58.7 Å². The van der Waals surface area contributed by atoms with E-state index in [2.05, 4.69) is 55.8 Å². The van der Waals surface area contributed by atoms with Crippen molar-refractivity contribution in [3.05, 3.63) is 86.8 Å². The number of hydrogen-bond acceptors (Lipinski definition) is 5. The van der Waals surface area contributed by atoms with Crippen LogP contribution in [0.5, 0.6) is 0 Å². The van der Waals surface area contributed by atoms with E-state index in [4.69, 9.17) is 4.98 Å². The molecule has 0 aliphatic heterocycles. The monoisotopic (exact) mass is 461 g/mol. The van der Waals surface area contributed by atoms with Gasteiger partial charge < -0.3 is 10.1 Å². The van der Waals surface area contributed by atoms with Crippen LogP contribution in [0.4, 0.5) is 0 Å². The number of aryl methyl sites for hydroxylation is 2. The molecule has 172 valence electrons. The van der Waals surface area contributed by atoms with Crippen LogP contribution in [-0.2, 0) is 13.0 Å². The number of nitrogens with one attached hydrogen (secondary N) is 1. The minimum absolute atomic E-state index is 0.113. The first-order valence-electron chi connectivity index (χ1n) is 11.4. The van der Waals surface area contributed by atoms with Crippen molar-refractivity contribution in [2.75, 3.05) is 6.54 Å². The zero-order valence-corrected chi connectivity index (χ0v) is 20.4. The molecule has 2 aromatic heterocycles. The normalized spacial score (nSPS) is 12.7. The summed E-state index contributed by atoms with van der Waals surface area (Å²) in [4.78, 5) is 23.7. The van der Waals surface area contributed by atoms with Gasteiger partial charge in [0, 0.05) is 23.5 Å². The van der Waals surface area contributed by atoms with Crippen LogP contribution in [0.1, 0.15) is 36.4 Å². The van der Waals surface area contributed by atoms with Crippen LogP contribution in [0.25, 0.3) is 21.3 Å². The largest absolute Gasteiger partial charge is 0.391 e. The quantitative estimate of drug-likeness (QED) is 0.384. The Morgan fingerprint density at radius 2 is 1.85 bits per heavy atom. The minimum Gasteiger partial charge on any atom is -0.391 e. The number of fused-ring (bicyclic) bond motifs is 1. The summed E-state index contributed by atoms with van der Waals surface area (Å²) in [5.41, 5.74) is 5.40. The molecule has 0 amide bonds. The predicted molar refractivity (Wildman–Crippen MR) is 137 cm³/mol. The number of hydrogen-bond donors (Lipinski definition) is 2. The number of aliphatic hydroxyl groups is 1. The zero-order valence-electron chi connectivity index (χ0n) is 19.6. The van der Waals surface area contributed by atoms with Crippen molar-refractivity contribution in [2.45, 2.75) is 52.8 Å². The maximum Gasteiger partial charge on any atom is 0.260 e. The highest BCUT2D eigenvalue weighted by atomic mass is 32.1. The third-order valence-electron chi connectivity index (χ3n) is 6.15. The molecule has 2 N–H and O–H groups in total. The Hall–Kier alpha value is -2.80. The van der Waals surface area contributed by atoms with Gasteiger partial charge in [-0.05, 0) is 56.4 Å². The van der Waals surface area contributed by atoms with E-state index in [-0.39, 0.29) is 11.6 Å². The molecule has 6 heteroatoms. The standard InChI is InChI=1S/C27H31N3O2S/c1-17(2)30(14-22(31)13-20-8-6-5-7-9-20)15-24-28-26(32)25-23(16-33-27(25)29-24)21-11-10-18(3)19(4)12-21/h5-12,16-17,22,31H,13-15H2,1-4H3,(H,28,29,32). The summed E-state index contributed by atoms with van der Waals surface area (Å²) in [6.45, 7) is 9.34. The van der Waals surface area contributed by atoms with Gasteiger partial charge in [-0.15, -0.1) is 11.3 Å². The Bertz CT molecular complexity index is 1290. The van der Waals surface area contributed by atoms with Gasteiger partial charge in [-0.2, -0.15) is 0 Å². The van der Waals surface area contributed by atoms with Gasteiger partial charge in [-0.25, -0.2) is 4.98 Å². The van der Waals surface area contributed by atoms with Gasteiger partial charge in [-0.1, -0.05) is 48.5 Å². The van der Waals surface area contributed by atoms with E-state index in [1.165, 1.54) is 22.5 Å². The van der Waals surface area contributed by atoms with E-state index in [0.717, 1.165) is 21.5 Å². The molecule has 0 fully saturated rings. The van der Waals surface area contributed by atoms with E-state index in [1.54, 1.807) is 0 Å². The highest BCUT2D eigenvalue weighted by Gasteiger charge is 2.19. The Morgan fingerprint density at radius 1 is 1.09 bits per heavy atom. The van der Waals surface area contributed by atoms with Crippen LogP contribution in [0.3, 0.4) is 0 Å². The average Bonchev–Trinajstić information content (AvgIpc) is 3.20. The van der Waals surface area contributed by atoms with Crippen molar-refractivity contribution in [3.63, 3.8) is 0 Å². The smallest absolute Gasteiger partial charge is 0.260 e. The first-order valence-corrected chi connectivity index (χ1v) is 12.2. The fraction of sp³-hybridized carbons (Fsp3) is 0.333. The molecule has 4 rings (SSSR count). The number of aliphatic hydroxyl groups excluding tert-OH is 1. The number of aromatic nitrogens is 2. The molecule has 2 heterocycles. The third-order valence-corrected chi connectivity index (χ3v) is 7.03. The average molecular weight is 462 g/mol. The van der Waals surface area contributed by atoms with E-state index in [9.17, 15) is 9.90 Å². The summed E-state index contributed by atoms with van der Waals surface area (Å²) < 4.78 is 0. The second kappa shape index (κ2) is 10.00. The van der Waals surface area contributed by atoms with E-state index in [0.29, 0.717) is 30.7 Å². The Kier molecular flexibility index (Phi) is 7.08. The Morgan fingerprint density at radius 3 is 2.55 bits per heavy atom. The Balaban J connectivity index is 1.56. The highest BCUT2D eigenvalue weighted by molar-refractivity contribution is 7.17. The molecule has 1 unspecified atom stereocenters. The molecular weight excluding hydrogens is 430 g/mol. The third kappa shape index (κ3) is 5.41. The number of H-pyrrole nitrogens is 1. The van der Waals surface area contributed by atoms with Crippen LogP contribution < -0.4 is 5.56 Å². The SMILES string of the molecule is Cc1ccc(-c2csc3nc(CN(CC(O)Cc4ccccc4)C(C)C)[nH]c(=O)c23)cc1C. The van der Waals surface area contributed by atoms with Crippen molar-refractivity contribution in [2.24, 2.45) is 0 Å². The molecule has 0 bridgehead atoms. The van der Waals surface area contributed by atoms with Crippen LogP contribution in [0, 0.1) is 13.8 Å². The Labute approximate surface area is 198 Å². The molecule has 0 aliphatic rings. The molecule has 1 atom stereocenters. The summed E-state index contributed by atoms with van der Waals surface area (Å²) in [6.07, 6.45) is 0.0977. The summed E-state index contributed by atoms with van der Waals surface area (Å²) >= 11 is 1.50. The van der Waals surface area contributed by atoms with Gasteiger partial charge in [-0.3, -0.25) is 9.69 Å². The molecule has 0 saturated heterocycles. The van der Waals surface area contributed by atoms with Gasteiger partial charge >= 0.3 is 0 Å². The molecule has 5 nitrogen and oxygen atoms in total. The second-order valence-corrected chi connectivity index (χ2v) is 9.87. The van der Waals surface area contributed by atoms with Gasteiger partial charge in [0.05, 0.1) is 18.0 Å². The lowest BCUT2D eigenvalue weighted by Crippen LogP contribution is -2.38. The zero-order chi connectivity index (χ0) is 23.5. The molecule has 0 saturated carbocycles. The number of benzene rings is 2. The van der Waals surface area contributed by atoms with E-state index >= 15 is 0 Å². The second-order valence-electron chi connectivity index (χ2n) is 9.01.